The molecule has 0 heterocycles. The molecule has 0 fully saturated rings. The maximum absolute atomic E-state index is 3.79. The van der Waals surface area contributed by atoms with Gasteiger partial charge in [-0.2, -0.15) is 0 Å². The number of rotatable bonds is 3. The van der Waals surface area contributed by atoms with Crippen molar-refractivity contribution in [2.24, 2.45) is 5.92 Å². The van der Waals surface area contributed by atoms with Crippen LogP contribution >= 0.6 is 9.24 Å². The molecule has 0 radical (unpaired) electrons. The lowest BCUT2D eigenvalue weighted by Gasteiger charge is -2.01. The minimum Gasteiger partial charge on any atom is -0.111 e. The van der Waals surface area contributed by atoms with Gasteiger partial charge in [-0.05, 0) is 18.8 Å². The number of allylic oxidation sites excluding steroid dienone is 1. The molecule has 1 heteroatoms. The molecule has 0 saturated heterocycles. The van der Waals surface area contributed by atoms with E-state index >= 15 is 0 Å². The molecular formula is C9H21P. The van der Waals surface area contributed by atoms with Gasteiger partial charge in [-0.1, -0.05) is 39.6 Å². The van der Waals surface area contributed by atoms with Crippen LogP contribution in [0.3, 0.4) is 0 Å². The molecule has 0 aromatic carbocycles. The van der Waals surface area contributed by atoms with E-state index in [-0.39, 0.29) is 0 Å². The number of hydrogen-bond acceptors (Lipinski definition) is 0. The van der Waals surface area contributed by atoms with Gasteiger partial charge in [0.25, 0.3) is 0 Å². The minimum atomic E-state index is 0.812. The van der Waals surface area contributed by atoms with Gasteiger partial charge in [-0.3, -0.25) is 0 Å². The largest absolute Gasteiger partial charge is 0.111 e. The maximum atomic E-state index is 3.79. The normalized spacial score (nSPS) is 8.60. The van der Waals surface area contributed by atoms with Crippen LogP contribution in [0, 0.1) is 5.92 Å². The first kappa shape index (κ1) is 12.8. The highest BCUT2D eigenvalue weighted by molar-refractivity contribution is 7.22. The van der Waals surface area contributed by atoms with Crippen molar-refractivity contribution in [3.05, 3.63) is 11.9 Å². The zero-order valence-electron chi connectivity index (χ0n) is 7.78. The molecular weight excluding hydrogens is 139 g/mol. The highest BCUT2D eigenvalue weighted by Crippen LogP contribution is 2.13. The van der Waals surface area contributed by atoms with E-state index in [0.29, 0.717) is 0 Å². The smallest absolute Gasteiger partial charge is 0.0283 e. The third-order valence-corrected chi connectivity index (χ3v) is 1.33. The van der Waals surface area contributed by atoms with Crippen LogP contribution in [0.1, 0.15) is 40.5 Å². The molecule has 0 aromatic heterocycles. The van der Waals surface area contributed by atoms with E-state index in [4.69, 9.17) is 0 Å². The van der Waals surface area contributed by atoms with Gasteiger partial charge in [0.15, 0.2) is 0 Å². The predicted octanol–water partition coefficient (Wildman–Crippen LogP) is 3.84. The average molecular weight is 160 g/mol. The van der Waals surface area contributed by atoms with Crippen LogP contribution in [0.4, 0.5) is 0 Å². The molecule has 0 aliphatic carbocycles. The van der Waals surface area contributed by atoms with E-state index in [1.807, 2.05) is 13.8 Å². The van der Waals surface area contributed by atoms with Gasteiger partial charge in [0.1, 0.15) is 0 Å². The van der Waals surface area contributed by atoms with Crippen molar-refractivity contribution in [1.82, 2.24) is 0 Å². The van der Waals surface area contributed by atoms with Crippen LogP contribution in [0.5, 0.6) is 0 Å². The summed E-state index contributed by atoms with van der Waals surface area (Å²) in [6.45, 7) is 12.2. The summed E-state index contributed by atoms with van der Waals surface area (Å²) in [5, 5.41) is 1.22. The van der Waals surface area contributed by atoms with Crippen molar-refractivity contribution < 1.29 is 0 Å². The van der Waals surface area contributed by atoms with Gasteiger partial charge in [0, 0.05) is 0 Å². The van der Waals surface area contributed by atoms with Crippen molar-refractivity contribution in [3.63, 3.8) is 0 Å². The Morgan fingerprint density at radius 2 is 1.80 bits per heavy atom. The second-order valence-corrected chi connectivity index (χ2v) is 3.41. The topological polar surface area (TPSA) is 0 Å². The lowest BCUT2D eigenvalue weighted by molar-refractivity contribution is 0.592. The molecule has 0 bridgehead atoms. The Bertz CT molecular complexity index is 74.8. The molecule has 10 heavy (non-hydrogen) atoms. The summed E-state index contributed by atoms with van der Waals surface area (Å²) in [5.41, 5.74) is 0. The van der Waals surface area contributed by atoms with Crippen molar-refractivity contribution >= 4 is 9.24 Å². The van der Waals surface area contributed by atoms with Crippen molar-refractivity contribution in [2.45, 2.75) is 40.5 Å². The van der Waals surface area contributed by atoms with E-state index in [1.54, 1.807) is 0 Å². The summed E-state index contributed by atoms with van der Waals surface area (Å²) in [5.74, 6) is 0.812. The van der Waals surface area contributed by atoms with Gasteiger partial charge >= 0.3 is 0 Å². The zero-order chi connectivity index (χ0) is 8.57. The zero-order valence-corrected chi connectivity index (χ0v) is 8.93. The van der Waals surface area contributed by atoms with E-state index in [1.165, 1.54) is 11.7 Å². The highest BCUT2D eigenvalue weighted by atomic mass is 31.0. The van der Waals surface area contributed by atoms with Crippen LogP contribution in [-0.2, 0) is 0 Å². The molecule has 1 atom stereocenters. The summed E-state index contributed by atoms with van der Waals surface area (Å²) < 4.78 is 0. The quantitative estimate of drug-likeness (QED) is 0.550. The Morgan fingerprint density at radius 3 is 1.90 bits per heavy atom. The molecule has 0 aliphatic rings. The maximum Gasteiger partial charge on any atom is -0.0283 e. The Morgan fingerprint density at radius 1 is 1.40 bits per heavy atom. The molecule has 62 valence electrons. The lowest BCUT2D eigenvalue weighted by Crippen LogP contribution is -1.84. The molecule has 0 rings (SSSR count). The first-order chi connectivity index (χ1) is 4.63. The fourth-order valence-corrected chi connectivity index (χ4v) is 0.641. The Labute approximate surface area is 68.3 Å². The average Bonchev–Trinajstić information content (AvgIpc) is 1.89. The second-order valence-electron chi connectivity index (χ2n) is 2.59. The van der Waals surface area contributed by atoms with Gasteiger partial charge in [-0.25, -0.2) is 0 Å². The summed E-state index contributed by atoms with van der Waals surface area (Å²) >= 11 is 0. The van der Waals surface area contributed by atoms with Crippen LogP contribution in [0.25, 0.3) is 0 Å². The Balaban J connectivity index is 0. The van der Waals surface area contributed by atoms with Crippen LogP contribution < -0.4 is 0 Å². The molecule has 0 aromatic rings. The first-order valence-corrected chi connectivity index (χ1v) is 4.64. The van der Waals surface area contributed by atoms with Gasteiger partial charge < -0.3 is 0 Å². The molecule has 0 saturated carbocycles. The lowest BCUT2D eigenvalue weighted by atomic mass is 10.1. The summed E-state index contributed by atoms with van der Waals surface area (Å²) in [6.07, 6.45) is 2.42. The van der Waals surface area contributed by atoms with Gasteiger partial charge in [0.2, 0.25) is 0 Å². The standard InChI is InChI=1S/C7H15P.C2H6/c1-6(2)4-5-7(3)8;1-2/h6H,3-5,8H2,1-2H3;1-2H3. The fourth-order valence-electron chi connectivity index (χ4n) is 0.474. The SMILES string of the molecule is C=C(P)CCC(C)C.CC. The number of hydrogen-bond donors (Lipinski definition) is 0. The van der Waals surface area contributed by atoms with Crippen molar-refractivity contribution in [3.8, 4) is 0 Å². The van der Waals surface area contributed by atoms with Crippen LogP contribution in [0.2, 0.25) is 0 Å². The van der Waals surface area contributed by atoms with Crippen molar-refractivity contribution in [2.75, 3.05) is 0 Å². The van der Waals surface area contributed by atoms with E-state index in [2.05, 4.69) is 29.7 Å². The second kappa shape index (κ2) is 9.17. The summed E-state index contributed by atoms with van der Waals surface area (Å²) in [6, 6.07) is 0. The molecule has 0 amide bonds. The van der Waals surface area contributed by atoms with Gasteiger partial charge in [0.05, 0.1) is 0 Å². The van der Waals surface area contributed by atoms with Crippen LogP contribution in [0.15, 0.2) is 11.9 Å². The highest BCUT2D eigenvalue weighted by Gasteiger charge is 1.91. The molecule has 0 nitrogen and oxygen atoms in total. The Kier molecular flexibility index (Phi) is 11.7. The first-order valence-electron chi connectivity index (χ1n) is 4.06. The van der Waals surface area contributed by atoms with E-state index in [9.17, 15) is 0 Å². The van der Waals surface area contributed by atoms with Crippen LogP contribution in [-0.4, -0.2) is 0 Å². The molecule has 0 N–H and O–H groups in total. The van der Waals surface area contributed by atoms with Crippen molar-refractivity contribution in [1.29, 1.82) is 0 Å². The van der Waals surface area contributed by atoms with E-state index in [0.717, 1.165) is 12.3 Å². The minimum absolute atomic E-state index is 0.812. The monoisotopic (exact) mass is 160 g/mol. The molecule has 0 spiro atoms. The summed E-state index contributed by atoms with van der Waals surface area (Å²) in [4.78, 5) is 0. The predicted molar refractivity (Wildman–Crippen MR) is 54.3 cm³/mol. The van der Waals surface area contributed by atoms with E-state index < -0.39 is 0 Å². The third-order valence-electron chi connectivity index (χ3n) is 1.04. The van der Waals surface area contributed by atoms with Gasteiger partial charge in [-0.15, -0.1) is 9.24 Å². The Hall–Kier alpha value is 0.170. The fraction of sp³-hybridized carbons (Fsp3) is 0.778. The third kappa shape index (κ3) is 15.7. The molecule has 1 unspecified atom stereocenters. The molecule has 0 aliphatic heterocycles. The summed E-state index contributed by atoms with van der Waals surface area (Å²) in [7, 11) is 2.63.